The standard InChI is InChI=1S/C30H39N3O8/c1-29(2,3)40-17-24(33-28(38)41-30(4,5)6)25(34)31-15-23(26(35)36)32-27(37)39-16-22-20-13-9-7-11-18(20)19-12-8-10-14-21(19)22/h7-14,22-24H,15-17H2,1-6H3,(H,31,34)(H,32,37)(H,33,38)(H,35,36)/t23-,24+/m1/s1. The normalized spacial score (nSPS) is 14.2. The summed E-state index contributed by atoms with van der Waals surface area (Å²) in [5, 5.41) is 16.9. The van der Waals surface area contributed by atoms with Gasteiger partial charge in [-0.2, -0.15) is 0 Å². The summed E-state index contributed by atoms with van der Waals surface area (Å²) in [5.41, 5.74) is 2.76. The molecule has 0 fully saturated rings. The van der Waals surface area contributed by atoms with E-state index in [9.17, 15) is 24.3 Å². The van der Waals surface area contributed by atoms with Gasteiger partial charge in [0.15, 0.2) is 0 Å². The molecule has 3 amide bonds. The third-order valence-electron chi connectivity index (χ3n) is 6.10. The Morgan fingerprint density at radius 1 is 0.805 bits per heavy atom. The van der Waals surface area contributed by atoms with Gasteiger partial charge < -0.3 is 35.3 Å². The van der Waals surface area contributed by atoms with E-state index in [1.807, 2.05) is 48.5 Å². The third kappa shape index (κ3) is 9.21. The summed E-state index contributed by atoms with van der Waals surface area (Å²) in [6.45, 7) is 9.76. The number of rotatable bonds is 10. The van der Waals surface area contributed by atoms with E-state index in [0.717, 1.165) is 22.3 Å². The zero-order valence-corrected chi connectivity index (χ0v) is 24.3. The van der Waals surface area contributed by atoms with E-state index in [1.54, 1.807) is 41.5 Å². The maximum Gasteiger partial charge on any atom is 0.408 e. The highest BCUT2D eigenvalue weighted by Crippen LogP contribution is 2.44. The van der Waals surface area contributed by atoms with Crippen LogP contribution in [0.25, 0.3) is 11.1 Å². The van der Waals surface area contributed by atoms with Crippen LogP contribution in [0, 0.1) is 0 Å². The number of amides is 3. The number of ether oxygens (including phenoxy) is 3. The number of fused-ring (bicyclic) bond motifs is 3. The highest BCUT2D eigenvalue weighted by Gasteiger charge is 2.31. The number of benzene rings is 2. The first kappa shape index (κ1) is 31.4. The quantitative estimate of drug-likeness (QED) is 0.337. The molecule has 2 aromatic rings. The molecule has 4 N–H and O–H groups in total. The first-order valence-electron chi connectivity index (χ1n) is 13.4. The first-order chi connectivity index (χ1) is 19.1. The zero-order chi connectivity index (χ0) is 30.4. The summed E-state index contributed by atoms with van der Waals surface area (Å²) < 4.78 is 16.3. The van der Waals surface area contributed by atoms with Crippen LogP contribution in [0.5, 0.6) is 0 Å². The molecule has 0 bridgehead atoms. The minimum absolute atomic E-state index is 0.00455. The Hall–Kier alpha value is -4.12. The number of carboxylic acids is 1. The van der Waals surface area contributed by atoms with Crippen LogP contribution in [0.1, 0.15) is 58.6 Å². The van der Waals surface area contributed by atoms with Gasteiger partial charge in [-0.1, -0.05) is 48.5 Å². The Bertz CT molecular complexity index is 1220. The van der Waals surface area contributed by atoms with E-state index < -0.39 is 53.9 Å². The lowest BCUT2D eigenvalue weighted by molar-refractivity contribution is -0.139. The molecule has 11 heteroatoms. The molecule has 1 aliphatic carbocycles. The molecule has 0 heterocycles. The van der Waals surface area contributed by atoms with Gasteiger partial charge in [-0.3, -0.25) is 4.79 Å². The smallest absolute Gasteiger partial charge is 0.408 e. The van der Waals surface area contributed by atoms with E-state index >= 15 is 0 Å². The van der Waals surface area contributed by atoms with E-state index in [4.69, 9.17) is 14.2 Å². The summed E-state index contributed by atoms with van der Waals surface area (Å²) in [5.74, 6) is -2.28. The SMILES string of the molecule is CC(C)(C)OC[C@H](NC(=O)OC(C)(C)C)C(=O)NC[C@@H](NC(=O)OCC1c2ccccc2-c2ccccc21)C(=O)O. The van der Waals surface area contributed by atoms with Gasteiger partial charge in [-0.05, 0) is 63.8 Å². The second-order valence-corrected chi connectivity index (χ2v) is 11.7. The van der Waals surface area contributed by atoms with Gasteiger partial charge >= 0.3 is 18.2 Å². The predicted molar refractivity (Wildman–Crippen MR) is 152 cm³/mol. The Morgan fingerprint density at radius 3 is 1.85 bits per heavy atom. The predicted octanol–water partition coefficient (Wildman–Crippen LogP) is 3.80. The van der Waals surface area contributed by atoms with Gasteiger partial charge in [0.1, 0.15) is 24.3 Å². The Balaban J connectivity index is 1.59. The molecule has 0 saturated heterocycles. The van der Waals surface area contributed by atoms with Crippen LogP contribution < -0.4 is 16.0 Å². The third-order valence-corrected chi connectivity index (χ3v) is 6.10. The molecule has 222 valence electrons. The van der Waals surface area contributed by atoms with E-state index in [1.165, 1.54) is 0 Å². The van der Waals surface area contributed by atoms with Crippen molar-refractivity contribution in [2.45, 2.75) is 70.7 Å². The van der Waals surface area contributed by atoms with Crippen LogP contribution >= 0.6 is 0 Å². The van der Waals surface area contributed by atoms with Crippen LogP contribution in [0.15, 0.2) is 48.5 Å². The molecule has 0 aliphatic heterocycles. The van der Waals surface area contributed by atoms with Crippen molar-refractivity contribution in [2.75, 3.05) is 19.8 Å². The molecule has 0 unspecified atom stereocenters. The fraction of sp³-hybridized carbons (Fsp3) is 0.467. The van der Waals surface area contributed by atoms with Crippen LogP contribution in [-0.4, -0.2) is 72.2 Å². The lowest BCUT2D eigenvalue weighted by Crippen LogP contribution is -2.55. The van der Waals surface area contributed by atoms with Gasteiger partial charge in [0, 0.05) is 12.5 Å². The number of hydrogen-bond acceptors (Lipinski definition) is 7. The van der Waals surface area contributed by atoms with Crippen LogP contribution in [0.3, 0.4) is 0 Å². The van der Waals surface area contributed by atoms with Crippen molar-refractivity contribution >= 4 is 24.1 Å². The molecule has 1 aliphatic rings. The summed E-state index contributed by atoms with van der Waals surface area (Å²) in [6.07, 6.45) is -1.77. The van der Waals surface area contributed by atoms with Crippen molar-refractivity contribution in [3.8, 4) is 11.1 Å². The van der Waals surface area contributed by atoms with Crippen molar-refractivity contribution < 1.29 is 38.5 Å². The number of hydrogen-bond donors (Lipinski definition) is 4. The lowest BCUT2D eigenvalue weighted by atomic mass is 9.98. The molecule has 0 spiro atoms. The van der Waals surface area contributed by atoms with Crippen molar-refractivity contribution in [1.29, 1.82) is 0 Å². The fourth-order valence-electron chi connectivity index (χ4n) is 4.27. The van der Waals surface area contributed by atoms with Gasteiger partial charge in [0.2, 0.25) is 5.91 Å². The van der Waals surface area contributed by atoms with E-state index in [-0.39, 0.29) is 19.1 Å². The number of carboxylic acid groups (broad SMARTS) is 1. The molecule has 0 saturated carbocycles. The minimum atomic E-state index is -1.49. The van der Waals surface area contributed by atoms with Gasteiger partial charge in [0.25, 0.3) is 0 Å². The summed E-state index contributed by atoms with van der Waals surface area (Å²) in [4.78, 5) is 49.7. The van der Waals surface area contributed by atoms with E-state index in [0.29, 0.717) is 0 Å². The summed E-state index contributed by atoms with van der Waals surface area (Å²) in [6, 6.07) is 13.0. The van der Waals surface area contributed by atoms with E-state index in [2.05, 4.69) is 16.0 Å². The van der Waals surface area contributed by atoms with Crippen LogP contribution in [0.2, 0.25) is 0 Å². The Kier molecular flexibility index (Phi) is 9.98. The zero-order valence-electron chi connectivity index (χ0n) is 24.3. The number of nitrogens with one attached hydrogen (secondary N) is 3. The largest absolute Gasteiger partial charge is 0.480 e. The summed E-state index contributed by atoms with van der Waals surface area (Å²) >= 11 is 0. The van der Waals surface area contributed by atoms with Crippen molar-refractivity contribution in [1.82, 2.24) is 16.0 Å². The average Bonchev–Trinajstić information content (AvgIpc) is 3.19. The molecular weight excluding hydrogens is 530 g/mol. The Morgan fingerprint density at radius 2 is 1.34 bits per heavy atom. The van der Waals surface area contributed by atoms with Gasteiger partial charge in [-0.15, -0.1) is 0 Å². The molecule has 41 heavy (non-hydrogen) atoms. The molecule has 3 rings (SSSR count). The van der Waals surface area contributed by atoms with Crippen molar-refractivity contribution in [3.05, 3.63) is 59.7 Å². The molecule has 2 atom stereocenters. The number of aliphatic carboxylic acids is 1. The first-order valence-corrected chi connectivity index (χ1v) is 13.4. The summed E-state index contributed by atoms with van der Waals surface area (Å²) in [7, 11) is 0. The molecular formula is C30H39N3O8. The van der Waals surface area contributed by atoms with Crippen LogP contribution in [0.4, 0.5) is 9.59 Å². The number of carbonyl (C=O) groups is 4. The maximum atomic E-state index is 12.9. The molecule has 11 nitrogen and oxygen atoms in total. The molecule has 2 aromatic carbocycles. The average molecular weight is 570 g/mol. The molecule has 0 radical (unpaired) electrons. The van der Waals surface area contributed by atoms with Gasteiger partial charge in [-0.25, -0.2) is 14.4 Å². The lowest BCUT2D eigenvalue weighted by Gasteiger charge is -2.26. The number of carbonyl (C=O) groups excluding carboxylic acids is 3. The monoisotopic (exact) mass is 569 g/mol. The highest BCUT2D eigenvalue weighted by atomic mass is 16.6. The molecule has 0 aromatic heterocycles. The topological polar surface area (TPSA) is 152 Å². The second-order valence-electron chi connectivity index (χ2n) is 11.7. The fourth-order valence-corrected chi connectivity index (χ4v) is 4.27. The highest BCUT2D eigenvalue weighted by molar-refractivity contribution is 5.87. The van der Waals surface area contributed by atoms with Gasteiger partial charge in [0.05, 0.1) is 12.2 Å². The maximum absolute atomic E-state index is 12.9. The second kappa shape index (κ2) is 13.0. The minimum Gasteiger partial charge on any atom is -0.480 e. The van der Waals surface area contributed by atoms with Crippen molar-refractivity contribution in [3.63, 3.8) is 0 Å². The number of alkyl carbamates (subject to hydrolysis) is 2. The van der Waals surface area contributed by atoms with Crippen molar-refractivity contribution in [2.24, 2.45) is 0 Å². The Labute approximate surface area is 239 Å². The van der Waals surface area contributed by atoms with Crippen LogP contribution in [-0.2, 0) is 23.8 Å².